The number of nitrogens with zero attached hydrogens (tertiary/aromatic N) is 2. The molecule has 0 saturated carbocycles. The molecule has 7 heteroatoms. The van der Waals surface area contributed by atoms with Gasteiger partial charge < -0.3 is 10.6 Å². The van der Waals surface area contributed by atoms with E-state index in [1.807, 2.05) is 35.8 Å². The molecular formula is C24H18ClFN4O. The number of allylic oxidation sites excluding steroid dienone is 1. The number of hydrogen-bond acceptors (Lipinski definition) is 3. The summed E-state index contributed by atoms with van der Waals surface area (Å²) in [5.41, 5.74) is 4.14. The van der Waals surface area contributed by atoms with Crippen LogP contribution in [0.4, 0.5) is 16.0 Å². The maximum absolute atomic E-state index is 13.7. The van der Waals surface area contributed by atoms with Gasteiger partial charge in [-0.3, -0.25) is 9.36 Å². The summed E-state index contributed by atoms with van der Waals surface area (Å²) in [6.45, 7) is 1.83. The van der Waals surface area contributed by atoms with Crippen LogP contribution >= 0.6 is 11.6 Å². The molecule has 1 amide bonds. The molecule has 1 atom stereocenters. The van der Waals surface area contributed by atoms with E-state index in [0.29, 0.717) is 27.9 Å². The van der Waals surface area contributed by atoms with Crippen LogP contribution in [0.15, 0.2) is 84.1 Å². The van der Waals surface area contributed by atoms with E-state index in [9.17, 15) is 9.18 Å². The van der Waals surface area contributed by atoms with Crippen molar-refractivity contribution >= 4 is 40.2 Å². The summed E-state index contributed by atoms with van der Waals surface area (Å²) in [6.07, 6.45) is 0. The largest absolute Gasteiger partial charge is 0.329 e. The molecule has 1 aromatic heterocycles. The van der Waals surface area contributed by atoms with Crippen LogP contribution in [0.1, 0.15) is 18.5 Å². The van der Waals surface area contributed by atoms with Crippen molar-refractivity contribution in [2.24, 2.45) is 0 Å². The molecule has 0 bridgehead atoms. The van der Waals surface area contributed by atoms with Gasteiger partial charge in [0.05, 0.1) is 33.4 Å². The molecule has 5 nitrogen and oxygen atoms in total. The van der Waals surface area contributed by atoms with E-state index in [0.717, 1.165) is 16.6 Å². The summed E-state index contributed by atoms with van der Waals surface area (Å²) < 4.78 is 15.6. The zero-order valence-corrected chi connectivity index (χ0v) is 17.3. The molecule has 5 rings (SSSR count). The second-order valence-electron chi connectivity index (χ2n) is 7.35. The Morgan fingerprint density at radius 1 is 1.06 bits per heavy atom. The summed E-state index contributed by atoms with van der Waals surface area (Å²) in [4.78, 5) is 18.2. The molecule has 4 aromatic rings. The number of rotatable bonds is 3. The fourth-order valence-corrected chi connectivity index (χ4v) is 4.15. The number of carbonyl (C=O) groups is 1. The number of halogens is 2. The van der Waals surface area contributed by atoms with Crippen molar-refractivity contribution in [1.82, 2.24) is 9.55 Å². The highest BCUT2D eigenvalue weighted by molar-refractivity contribution is 6.33. The summed E-state index contributed by atoms with van der Waals surface area (Å²) in [6, 6.07) is 20.5. The minimum Gasteiger partial charge on any atom is -0.329 e. The molecule has 3 aromatic carbocycles. The Morgan fingerprint density at radius 2 is 1.77 bits per heavy atom. The lowest BCUT2D eigenvalue weighted by Gasteiger charge is -2.30. The normalized spacial score (nSPS) is 15.5. The maximum atomic E-state index is 13.7. The molecule has 0 fully saturated rings. The van der Waals surface area contributed by atoms with Gasteiger partial charge in [0.25, 0.3) is 5.91 Å². The quantitative estimate of drug-likeness (QED) is 0.433. The number of fused-ring (bicyclic) bond motifs is 3. The molecular weight excluding hydrogens is 415 g/mol. The molecule has 1 aliphatic rings. The minimum absolute atomic E-state index is 0.296. The summed E-state index contributed by atoms with van der Waals surface area (Å²) >= 11 is 6.25. The first kappa shape index (κ1) is 19.3. The van der Waals surface area contributed by atoms with Crippen LogP contribution in [0.5, 0.6) is 0 Å². The van der Waals surface area contributed by atoms with E-state index in [1.54, 1.807) is 36.4 Å². The Bertz CT molecular complexity index is 1340. The van der Waals surface area contributed by atoms with Crippen molar-refractivity contribution in [3.05, 3.63) is 100 Å². The van der Waals surface area contributed by atoms with E-state index in [1.165, 1.54) is 12.1 Å². The Kier molecular flexibility index (Phi) is 4.71. The fraction of sp³-hybridized carbons (Fsp3) is 0.0833. The van der Waals surface area contributed by atoms with E-state index in [4.69, 9.17) is 11.6 Å². The number of hydrogen-bond donors (Lipinski definition) is 2. The van der Waals surface area contributed by atoms with Crippen LogP contribution in [0, 0.1) is 5.82 Å². The number of nitrogens with one attached hydrogen (secondary N) is 2. The summed E-state index contributed by atoms with van der Waals surface area (Å²) in [5, 5.41) is 6.62. The highest BCUT2D eigenvalue weighted by Gasteiger charge is 2.34. The van der Waals surface area contributed by atoms with Crippen LogP contribution in [0.3, 0.4) is 0 Å². The average Bonchev–Trinajstić information content (AvgIpc) is 3.13. The van der Waals surface area contributed by atoms with Gasteiger partial charge in [0.2, 0.25) is 5.95 Å². The third-order valence-electron chi connectivity index (χ3n) is 5.38. The SMILES string of the molecule is CC1=C(C(=O)Nc2ccccc2Cl)[C@@H](c2ccc(F)cc2)n2c(nc3ccccc32)N1. The highest BCUT2D eigenvalue weighted by Crippen LogP contribution is 2.39. The number of aromatic nitrogens is 2. The average molecular weight is 433 g/mol. The lowest BCUT2D eigenvalue weighted by atomic mass is 9.94. The molecule has 0 saturated heterocycles. The molecule has 154 valence electrons. The zero-order chi connectivity index (χ0) is 21.5. The van der Waals surface area contributed by atoms with Gasteiger partial charge in [-0.05, 0) is 48.9 Å². The molecule has 31 heavy (non-hydrogen) atoms. The van der Waals surface area contributed by atoms with Crippen LogP contribution < -0.4 is 10.6 Å². The standard InChI is InChI=1S/C24H18ClFN4O/c1-14-21(23(31)28-18-7-3-2-6-17(18)25)22(15-10-12-16(26)13-11-15)30-20-9-5-4-8-19(20)29-24(30)27-14/h2-13,22H,1H3,(H,27,29)(H,28,31)/t22-/m1/s1. The van der Waals surface area contributed by atoms with Gasteiger partial charge in [-0.1, -0.05) is 48.0 Å². The third kappa shape index (κ3) is 3.35. The van der Waals surface area contributed by atoms with Crippen molar-refractivity contribution in [1.29, 1.82) is 0 Å². The van der Waals surface area contributed by atoms with Gasteiger partial charge in [0, 0.05) is 5.70 Å². The number of para-hydroxylation sites is 3. The molecule has 0 unspecified atom stereocenters. The first-order valence-corrected chi connectivity index (χ1v) is 10.2. The van der Waals surface area contributed by atoms with Crippen LogP contribution in [0.2, 0.25) is 5.02 Å². The van der Waals surface area contributed by atoms with Crippen molar-refractivity contribution in [3.63, 3.8) is 0 Å². The van der Waals surface area contributed by atoms with E-state index in [-0.39, 0.29) is 11.7 Å². The second-order valence-corrected chi connectivity index (χ2v) is 7.75. The first-order chi connectivity index (χ1) is 15.0. The molecule has 0 spiro atoms. The molecule has 2 heterocycles. The number of imidazole rings is 1. The first-order valence-electron chi connectivity index (χ1n) is 9.79. The lowest BCUT2D eigenvalue weighted by molar-refractivity contribution is -0.113. The maximum Gasteiger partial charge on any atom is 0.255 e. The zero-order valence-electron chi connectivity index (χ0n) is 16.6. The predicted molar refractivity (Wildman–Crippen MR) is 121 cm³/mol. The van der Waals surface area contributed by atoms with Gasteiger partial charge in [-0.15, -0.1) is 0 Å². The molecule has 0 radical (unpaired) electrons. The lowest BCUT2D eigenvalue weighted by Crippen LogP contribution is -2.31. The van der Waals surface area contributed by atoms with Gasteiger partial charge in [-0.2, -0.15) is 0 Å². The Labute approximate surface area is 183 Å². The van der Waals surface area contributed by atoms with Gasteiger partial charge >= 0.3 is 0 Å². The topological polar surface area (TPSA) is 59.0 Å². The summed E-state index contributed by atoms with van der Waals surface area (Å²) in [7, 11) is 0. The fourth-order valence-electron chi connectivity index (χ4n) is 3.97. The highest BCUT2D eigenvalue weighted by atomic mass is 35.5. The van der Waals surface area contributed by atoms with Gasteiger partial charge in [0.1, 0.15) is 5.82 Å². The van der Waals surface area contributed by atoms with Crippen molar-refractivity contribution in [3.8, 4) is 0 Å². The van der Waals surface area contributed by atoms with E-state index < -0.39 is 6.04 Å². The minimum atomic E-state index is -0.494. The Morgan fingerprint density at radius 3 is 2.55 bits per heavy atom. The molecule has 2 N–H and O–H groups in total. The monoisotopic (exact) mass is 432 g/mol. The number of anilines is 2. The van der Waals surface area contributed by atoms with Crippen molar-refractivity contribution in [2.75, 3.05) is 10.6 Å². The predicted octanol–water partition coefficient (Wildman–Crippen LogP) is 5.76. The number of amides is 1. The van der Waals surface area contributed by atoms with Crippen LogP contribution in [-0.2, 0) is 4.79 Å². The smallest absolute Gasteiger partial charge is 0.255 e. The number of benzene rings is 3. The third-order valence-corrected chi connectivity index (χ3v) is 5.71. The number of carbonyl (C=O) groups excluding carboxylic acids is 1. The Hall–Kier alpha value is -3.64. The van der Waals surface area contributed by atoms with Crippen LogP contribution in [0.25, 0.3) is 11.0 Å². The van der Waals surface area contributed by atoms with Gasteiger partial charge in [-0.25, -0.2) is 9.37 Å². The van der Waals surface area contributed by atoms with Gasteiger partial charge in [0.15, 0.2) is 0 Å². The summed E-state index contributed by atoms with van der Waals surface area (Å²) in [5.74, 6) is -0.00524. The Balaban J connectivity index is 1.67. The second kappa shape index (κ2) is 7.56. The van der Waals surface area contributed by atoms with Crippen LogP contribution in [-0.4, -0.2) is 15.5 Å². The van der Waals surface area contributed by atoms with Crippen molar-refractivity contribution in [2.45, 2.75) is 13.0 Å². The van der Waals surface area contributed by atoms with E-state index >= 15 is 0 Å². The molecule has 1 aliphatic heterocycles. The van der Waals surface area contributed by atoms with Crippen molar-refractivity contribution < 1.29 is 9.18 Å². The molecule has 0 aliphatic carbocycles. The van der Waals surface area contributed by atoms with E-state index in [2.05, 4.69) is 15.6 Å².